The summed E-state index contributed by atoms with van der Waals surface area (Å²) < 4.78 is 57.5. The van der Waals surface area contributed by atoms with Gasteiger partial charge in [0, 0.05) is 59.2 Å². The van der Waals surface area contributed by atoms with Gasteiger partial charge in [-0.3, -0.25) is 4.55 Å². The molecule has 3 aliphatic rings. The Morgan fingerprint density at radius 2 is 1.18 bits per heavy atom. The molecule has 2 fully saturated rings. The van der Waals surface area contributed by atoms with Crippen LogP contribution < -0.4 is 0 Å². The van der Waals surface area contributed by atoms with Crippen LogP contribution in [0.4, 0.5) is 13.2 Å². The Hall–Kier alpha value is 0.303. The summed E-state index contributed by atoms with van der Waals surface area (Å²) in [6.07, 6.45) is 13.3. The molecule has 0 saturated carbocycles. The predicted octanol–water partition coefficient (Wildman–Crippen LogP) is 6.78. The second-order valence-electron chi connectivity index (χ2n) is 8.85. The van der Waals surface area contributed by atoms with Crippen molar-refractivity contribution in [2.24, 2.45) is 0 Å². The van der Waals surface area contributed by atoms with Crippen LogP contribution in [0.25, 0.3) is 0 Å². The van der Waals surface area contributed by atoms with Crippen LogP contribution in [0.15, 0.2) is 0 Å². The predicted molar refractivity (Wildman–Crippen MR) is 133 cm³/mol. The third-order valence-corrected chi connectivity index (χ3v) is 14.8. The third kappa shape index (κ3) is 12.7. The standard InChI is InChI=1S/C14H28P2.C8H8.CHF3O3S.Rh/c1-11-5-6-12(2)15(11)9-10-16-13(3)7-8-14(16)4;1-2-4-6-8-7-5-3-1;2-1(3,4)8(5,6)7;/h11-14H,5-10H2,1-4H3;1-2,7-8H2;(H,5,6,7);/p+1/t11-,12-,13-,14-;;;/m0.../s1. The summed E-state index contributed by atoms with van der Waals surface area (Å²) in [5.41, 5.74) is -1.14. The minimum absolute atomic E-state index is 0. The summed E-state index contributed by atoms with van der Waals surface area (Å²) in [6.45, 7) is 10.1. The third-order valence-electron chi connectivity index (χ3n) is 6.38. The fraction of sp³-hybridized carbons (Fsp3) is 0.826. The smallest absolute Gasteiger partial charge is 0.279 e. The Morgan fingerprint density at radius 3 is 1.48 bits per heavy atom. The molecule has 2 heterocycles. The molecule has 1 N–H and O–H groups in total. The minimum Gasteiger partial charge on any atom is -0.279 e. The maximum absolute atomic E-state index is 10.7. The van der Waals surface area contributed by atoms with Crippen molar-refractivity contribution >= 4 is 26.0 Å². The summed E-state index contributed by atoms with van der Waals surface area (Å²) >= 11 is 0. The van der Waals surface area contributed by atoms with E-state index in [-0.39, 0.29) is 27.4 Å². The Labute approximate surface area is 214 Å². The molecule has 0 aromatic rings. The van der Waals surface area contributed by atoms with Gasteiger partial charge in [-0.2, -0.15) is 21.6 Å². The van der Waals surface area contributed by atoms with Gasteiger partial charge in [0.05, 0.1) is 17.5 Å². The van der Waals surface area contributed by atoms with Crippen molar-refractivity contribution in [1.29, 1.82) is 0 Å². The van der Waals surface area contributed by atoms with Crippen molar-refractivity contribution in [3.63, 3.8) is 0 Å². The maximum Gasteiger partial charge on any atom is 0.522 e. The Morgan fingerprint density at radius 1 is 0.848 bits per heavy atom. The first kappa shape index (κ1) is 33.3. The minimum atomic E-state index is -5.84. The zero-order chi connectivity index (χ0) is 24.4. The topological polar surface area (TPSA) is 54.4 Å². The molecule has 4 atom stereocenters. The molecule has 1 aliphatic carbocycles. The molecular weight excluding hydrogens is 578 g/mol. The number of hydrogen-bond donors (Lipinski definition) is 1. The second-order valence-corrected chi connectivity index (χ2v) is 17.1. The molecule has 1 radical (unpaired) electrons. The fourth-order valence-electron chi connectivity index (χ4n) is 4.40. The molecule has 2 saturated heterocycles. The maximum atomic E-state index is 10.7. The average Bonchev–Trinajstić information content (AvgIpc) is 3.14. The van der Waals surface area contributed by atoms with E-state index in [0.717, 1.165) is 48.3 Å². The van der Waals surface area contributed by atoms with Crippen LogP contribution >= 0.6 is 15.8 Å². The summed E-state index contributed by atoms with van der Waals surface area (Å²) in [6, 6.07) is 0. The summed E-state index contributed by atoms with van der Waals surface area (Å²) in [5, 5.41) is 0. The molecule has 2 aliphatic heterocycles. The fourth-order valence-corrected chi connectivity index (χ4v) is 12.2. The van der Waals surface area contributed by atoms with Gasteiger partial charge in [-0.05, 0) is 50.8 Å². The van der Waals surface area contributed by atoms with Crippen LogP contribution in [-0.4, -0.2) is 53.4 Å². The molecule has 0 amide bonds. The van der Waals surface area contributed by atoms with E-state index in [0.29, 0.717) is 7.92 Å². The molecule has 3 nitrogen and oxygen atoms in total. The molecule has 0 bridgehead atoms. The molecule has 33 heavy (non-hydrogen) atoms. The largest absolute Gasteiger partial charge is 0.522 e. The molecular formula is C23H38F3O3P2RhS+. The zero-order valence-electron chi connectivity index (χ0n) is 20.0. The van der Waals surface area contributed by atoms with E-state index in [1.165, 1.54) is 12.8 Å². The first-order valence-corrected chi connectivity index (χ1v) is 16.4. The van der Waals surface area contributed by atoms with E-state index in [9.17, 15) is 13.2 Å². The second kappa shape index (κ2) is 16.1. The molecule has 0 aromatic heterocycles. The van der Waals surface area contributed by atoms with Crippen LogP contribution in [0.2, 0.25) is 0 Å². The molecule has 0 aromatic carbocycles. The van der Waals surface area contributed by atoms with E-state index >= 15 is 0 Å². The van der Waals surface area contributed by atoms with Crippen molar-refractivity contribution < 1.29 is 45.6 Å². The van der Waals surface area contributed by atoms with Gasteiger partial charge in [0.15, 0.2) is 0 Å². The van der Waals surface area contributed by atoms with Crippen LogP contribution in [0, 0.1) is 23.7 Å². The summed E-state index contributed by atoms with van der Waals surface area (Å²) in [5.74, 6) is 12.1. The molecule has 0 spiro atoms. The van der Waals surface area contributed by atoms with Crippen molar-refractivity contribution in [1.82, 2.24) is 0 Å². The van der Waals surface area contributed by atoms with E-state index in [1.807, 2.05) is 0 Å². The number of alkyl halides is 3. The SMILES string of the molecule is C1#CCCC#CCC1.C[C@H]1CC[C@H](C)P1CC[PH+]1[C@@H](C)CC[C@@H]1C.O=S(=O)(O)C(F)(F)F.[Rh]. The van der Waals surface area contributed by atoms with Gasteiger partial charge in [0.2, 0.25) is 0 Å². The Kier molecular flexibility index (Phi) is 16.3. The molecule has 0 unspecified atom stereocenters. The van der Waals surface area contributed by atoms with Crippen LogP contribution in [0.5, 0.6) is 0 Å². The average molecular weight is 616 g/mol. The van der Waals surface area contributed by atoms with Gasteiger partial charge < -0.3 is 0 Å². The van der Waals surface area contributed by atoms with E-state index in [1.54, 1.807) is 25.2 Å². The first-order valence-electron chi connectivity index (χ1n) is 11.4. The molecule has 10 heteroatoms. The Balaban J connectivity index is 0.000000512. The zero-order valence-corrected chi connectivity index (χ0v) is 24.3. The van der Waals surface area contributed by atoms with Crippen LogP contribution in [-0.2, 0) is 29.6 Å². The first-order chi connectivity index (χ1) is 14.8. The Bertz CT molecular complexity index is 718. The summed E-state index contributed by atoms with van der Waals surface area (Å²) in [4.78, 5) is 0. The molecule has 193 valence electrons. The normalized spacial score (nSPS) is 27.6. The van der Waals surface area contributed by atoms with Gasteiger partial charge >= 0.3 is 15.6 Å². The van der Waals surface area contributed by atoms with Crippen molar-refractivity contribution in [2.75, 3.05) is 12.3 Å². The van der Waals surface area contributed by atoms with Crippen LogP contribution in [0.3, 0.4) is 0 Å². The van der Waals surface area contributed by atoms with Gasteiger partial charge in [0.1, 0.15) is 0 Å². The number of hydrogen-bond acceptors (Lipinski definition) is 2. The van der Waals surface area contributed by atoms with Gasteiger partial charge in [-0.15, -0.1) is 23.7 Å². The number of halogens is 3. The van der Waals surface area contributed by atoms with Gasteiger partial charge in [-0.25, -0.2) is 0 Å². The van der Waals surface area contributed by atoms with E-state index < -0.39 is 15.6 Å². The van der Waals surface area contributed by atoms with E-state index in [2.05, 4.69) is 51.4 Å². The summed E-state index contributed by atoms with van der Waals surface area (Å²) in [7, 11) is -5.42. The van der Waals surface area contributed by atoms with Crippen molar-refractivity contribution in [2.45, 2.75) is 107 Å². The monoisotopic (exact) mass is 616 g/mol. The molecule has 3 rings (SSSR count). The van der Waals surface area contributed by atoms with Crippen LogP contribution in [0.1, 0.15) is 79.1 Å². The van der Waals surface area contributed by atoms with Gasteiger partial charge in [0.25, 0.3) is 0 Å². The van der Waals surface area contributed by atoms with Crippen molar-refractivity contribution in [3.05, 3.63) is 0 Å². The van der Waals surface area contributed by atoms with Crippen molar-refractivity contribution in [3.8, 4) is 23.7 Å². The quantitative estimate of drug-likeness (QED) is 0.125. The number of rotatable bonds is 3. The van der Waals surface area contributed by atoms with E-state index in [4.69, 9.17) is 13.0 Å². The van der Waals surface area contributed by atoms with Gasteiger partial charge in [-0.1, -0.05) is 21.8 Å².